The molecule has 1 amide bonds. The number of rotatable bonds is 4. The number of sulfonamides is 1. The summed E-state index contributed by atoms with van der Waals surface area (Å²) in [5, 5.41) is 3.25. The van der Waals surface area contributed by atoms with Crippen LogP contribution in [0.5, 0.6) is 0 Å². The Morgan fingerprint density at radius 2 is 1.77 bits per heavy atom. The van der Waals surface area contributed by atoms with E-state index < -0.39 is 10.0 Å². The number of benzene rings is 2. The van der Waals surface area contributed by atoms with Crippen molar-refractivity contribution in [2.75, 3.05) is 31.0 Å². The predicted molar refractivity (Wildman–Crippen MR) is 102 cm³/mol. The topological polar surface area (TPSA) is 69.7 Å². The molecule has 6 nitrogen and oxygen atoms in total. The van der Waals surface area contributed by atoms with Gasteiger partial charge in [0.05, 0.1) is 10.6 Å². The van der Waals surface area contributed by atoms with Gasteiger partial charge in [-0.05, 0) is 43.3 Å². The van der Waals surface area contributed by atoms with Crippen LogP contribution in [-0.4, -0.2) is 51.9 Å². The second-order valence-electron chi connectivity index (χ2n) is 6.38. The Labute approximate surface area is 154 Å². The van der Waals surface area contributed by atoms with E-state index in [1.54, 1.807) is 36.4 Å². The zero-order valence-corrected chi connectivity index (χ0v) is 15.7. The molecule has 0 radical (unpaired) electrons. The summed E-state index contributed by atoms with van der Waals surface area (Å²) in [5.74, 6) is -0.0700. The Kier molecular flexibility index (Phi) is 5.29. The SMILES string of the molecule is CC1CNCCN1C(=O)c1ccc(S(=O)(=O)N(C)c2ccccc2)cc1. The second-order valence-corrected chi connectivity index (χ2v) is 8.35. The number of para-hydroxylation sites is 1. The Bertz CT molecular complexity index is 867. The number of hydrogen-bond acceptors (Lipinski definition) is 4. The molecule has 1 aliphatic heterocycles. The van der Waals surface area contributed by atoms with Crippen LogP contribution >= 0.6 is 0 Å². The molecule has 1 saturated heterocycles. The predicted octanol–water partition coefficient (Wildman–Crippen LogP) is 1.95. The molecule has 26 heavy (non-hydrogen) atoms. The molecule has 2 aromatic rings. The molecule has 0 saturated carbocycles. The highest BCUT2D eigenvalue weighted by molar-refractivity contribution is 7.92. The van der Waals surface area contributed by atoms with Crippen LogP contribution in [0.3, 0.4) is 0 Å². The lowest BCUT2D eigenvalue weighted by atomic mass is 10.1. The fourth-order valence-corrected chi connectivity index (χ4v) is 4.21. The molecular weight excluding hydrogens is 350 g/mol. The maximum atomic E-state index is 12.8. The van der Waals surface area contributed by atoms with E-state index in [0.29, 0.717) is 17.8 Å². The fraction of sp³-hybridized carbons (Fsp3) is 0.316. The van der Waals surface area contributed by atoms with Crippen molar-refractivity contribution in [1.82, 2.24) is 10.2 Å². The molecule has 1 fully saturated rings. The van der Waals surface area contributed by atoms with Crippen LogP contribution in [-0.2, 0) is 10.0 Å². The molecule has 1 unspecified atom stereocenters. The van der Waals surface area contributed by atoms with Crippen LogP contribution in [0.1, 0.15) is 17.3 Å². The summed E-state index contributed by atoms with van der Waals surface area (Å²) in [6.45, 7) is 4.18. The first kappa shape index (κ1) is 18.4. The molecule has 3 rings (SSSR count). The standard InChI is InChI=1S/C19H23N3O3S/c1-15-14-20-12-13-22(15)19(23)16-8-10-18(11-9-16)26(24,25)21(2)17-6-4-3-5-7-17/h3-11,15,20H,12-14H2,1-2H3. The van der Waals surface area contributed by atoms with Gasteiger partial charge in [-0.15, -0.1) is 0 Å². The third-order valence-electron chi connectivity index (χ3n) is 4.64. The van der Waals surface area contributed by atoms with E-state index in [1.165, 1.54) is 23.5 Å². The van der Waals surface area contributed by atoms with Crippen molar-refractivity contribution in [2.45, 2.75) is 17.9 Å². The van der Waals surface area contributed by atoms with Crippen LogP contribution < -0.4 is 9.62 Å². The van der Waals surface area contributed by atoms with Crippen molar-refractivity contribution < 1.29 is 13.2 Å². The first-order chi connectivity index (χ1) is 12.4. The number of nitrogens with one attached hydrogen (secondary N) is 1. The Morgan fingerprint density at radius 3 is 2.38 bits per heavy atom. The van der Waals surface area contributed by atoms with Crippen LogP contribution in [0.4, 0.5) is 5.69 Å². The molecule has 1 aliphatic rings. The largest absolute Gasteiger partial charge is 0.333 e. The summed E-state index contributed by atoms with van der Waals surface area (Å²) in [7, 11) is -2.15. The van der Waals surface area contributed by atoms with E-state index in [1.807, 2.05) is 17.9 Å². The summed E-state index contributed by atoms with van der Waals surface area (Å²) < 4.78 is 26.8. The van der Waals surface area contributed by atoms with Crippen LogP contribution in [0.25, 0.3) is 0 Å². The Morgan fingerprint density at radius 1 is 1.12 bits per heavy atom. The molecule has 1 N–H and O–H groups in total. The van der Waals surface area contributed by atoms with Gasteiger partial charge >= 0.3 is 0 Å². The average molecular weight is 373 g/mol. The third-order valence-corrected chi connectivity index (χ3v) is 6.44. The van der Waals surface area contributed by atoms with E-state index in [9.17, 15) is 13.2 Å². The summed E-state index contributed by atoms with van der Waals surface area (Å²) in [6.07, 6.45) is 0. The van der Waals surface area contributed by atoms with Crippen molar-refractivity contribution >= 4 is 21.6 Å². The molecule has 0 spiro atoms. The number of amides is 1. The Hall–Kier alpha value is -2.38. The van der Waals surface area contributed by atoms with Gasteiger partial charge in [-0.3, -0.25) is 9.10 Å². The highest BCUT2D eigenvalue weighted by atomic mass is 32.2. The summed E-state index contributed by atoms with van der Waals surface area (Å²) in [4.78, 5) is 14.6. The number of piperazine rings is 1. The van der Waals surface area contributed by atoms with E-state index in [2.05, 4.69) is 5.32 Å². The zero-order valence-electron chi connectivity index (χ0n) is 14.9. The van der Waals surface area contributed by atoms with Gasteiger partial charge in [0.25, 0.3) is 15.9 Å². The number of nitrogens with zero attached hydrogens (tertiary/aromatic N) is 2. The molecule has 138 valence electrons. The minimum atomic E-state index is -3.67. The summed E-state index contributed by atoms with van der Waals surface area (Å²) in [6, 6.07) is 15.2. The lowest BCUT2D eigenvalue weighted by Gasteiger charge is -2.34. The van der Waals surface area contributed by atoms with Crippen LogP contribution in [0.15, 0.2) is 59.5 Å². The van der Waals surface area contributed by atoms with Gasteiger partial charge in [0, 0.05) is 38.3 Å². The van der Waals surface area contributed by atoms with Gasteiger partial charge < -0.3 is 10.2 Å². The zero-order chi connectivity index (χ0) is 18.7. The molecule has 0 aliphatic carbocycles. The lowest BCUT2D eigenvalue weighted by molar-refractivity contribution is 0.0655. The maximum absolute atomic E-state index is 12.8. The van der Waals surface area contributed by atoms with Crippen molar-refractivity contribution in [2.24, 2.45) is 0 Å². The quantitative estimate of drug-likeness (QED) is 0.889. The molecule has 0 bridgehead atoms. The normalized spacial score (nSPS) is 17.8. The van der Waals surface area contributed by atoms with Gasteiger partial charge in [-0.2, -0.15) is 0 Å². The summed E-state index contributed by atoms with van der Waals surface area (Å²) >= 11 is 0. The first-order valence-electron chi connectivity index (χ1n) is 8.57. The van der Waals surface area contributed by atoms with Crippen molar-refractivity contribution in [1.29, 1.82) is 0 Å². The lowest BCUT2D eigenvalue weighted by Crippen LogP contribution is -2.52. The summed E-state index contributed by atoms with van der Waals surface area (Å²) in [5.41, 5.74) is 1.09. The van der Waals surface area contributed by atoms with Crippen LogP contribution in [0, 0.1) is 0 Å². The second kappa shape index (κ2) is 7.47. The first-order valence-corrected chi connectivity index (χ1v) is 10.0. The monoisotopic (exact) mass is 373 g/mol. The van der Waals surface area contributed by atoms with Gasteiger partial charge in [-0.25, -0.2) is 8.42 Å². The highest BCUT2D eigenvalue weighted by Crippen LogP contribution is 2.22. The third kappa shape index (κ3) is 3.59. The van der Waals surface area contributed by atoms with Gasteiger partial charge in [-0.1, -0.05) is 18.2 Å². The Balaban J connectivity index is 1.81. The number of carbonyl (C=O) groups excluding carboxylic acids is 1. The van der Waals surface area contributed by atoms with Gasteiger partial charge in [0.2, 0.25) is 0 Å². The minimum absolute atomic E-state index is 0.0700. The number of hydrogen-bond donors (Lipinski definition) is 1. The molecule has 1 atom stereocenters. The van der Waals surface area contributed by atoms with Crippen molar-refractivity contribution in [3.05, 3.63) is 60.2 Å². The molecule has 0 aromatic heterocycles. The maximum Gasteiger partial charge on any atom is 0.264 e. The van der Waals surface area contributed by atoms with Crippen LogP contribution in [0.2, 0.25) is 0 Å². The minimum Gasteiger partial charge on any atom is -0.333 e. The number of anilines is 1. The van der Waals surface area contributed by atoms with Gasteiger partial charge in [0.1, 0.15) is 0 Å². The fourth-order valence-electron chi connectivity index (χ4n) is 3.01. The van der Waals surface area contributed by atoms with E-state index in [0.717, 1.165) is 13.1 Å². The van der Waals surface area contributed by atoms with Crippen molar-refractivity contribution in [3.63, 3.8) is 0 Å². The smallest absolute Gasteiger partial charge is 0.264 e. The number of carbonyl (C=O) groups is 1. The van der Waals surface area contributed by atoms with Gasteiger partial charge in [0.15, 0.2) is 0 Å². The molecular formula is C19H23N3O3S. The highest BCUT2D eigenvalue weighted by Gasteiger charge is 2.25. The molecule has 7 heteroatoms. The van der Waals surface area contributed by atoms with Crippen molar-refractivity contribution in [3.8, 4) is 0 Å². The van der Waals surface area contributed by atoms with E-state index >= 15 is 0 Å². The van der Waals surface area contributed by atoms with E-state index in [4.69, 9.17) is 0 Å². The average Bonchev–Trinajstić information content (AvgIpc) is 2.68. The molecule has 1 heterocycles. The van der Waals surface area contributed by atoms with E-state index in [-0.39, 0.29) is 16.8 Å². The molecule has 2 aromatic carbocycles.